The van der Waals surface area contributed by atoms with E-state index in [1.165, 1.54) is 11.8 Å². The lowest BCUT2D eigenvalue weighted by atomic mass is 10.2. The topological polar surface area (TPSA) is 66.5 Å². The lowest BCUT2D eigenvalue weighted by Crippen LogP contribution is -2.14. The zero-order chi connectivity index (χ0) is 10.6. The Balaban J connectivity index is 2.59. The molecular weight excluding hydrogens is 198 g/mol. The Morgan fingerprint density at radius 3 is 2.79 bits per heavy atom. The second-order valence-electron chi connectivity index (χ2n) is 3.19. The van der Waals surface area contributed by atoms with Crippen molar-refractivity contribution in [1.82, 2.24) is 0 Å². The minimum atomic E-state index is -0.680. The third-order valence-electron chi connectivity index (χ3n) is 1.81. The minimum absolute atomic E-state index is 0.210. The summed E-state index contributed by atoms with van der Waals surface area (Å²) < 4.78 is 0. The summed E-state index contributed by atoms with van der Waals surface area (Å²) >= 11 is 1.45. The van der Waals surface area contributed by atoms with Crippen molar-refractivity contribution in [2.24, 2.45) is 0 Å². The van der Waals surface area contributed by atoms with Crippen LogP contribution in [0.3, 0.4) is 0 Å². The number of aliphatic hydroxyl groups excluding tert-OH is 2. The summed E-state index contributed by atoms with van der Waals surface area (Å²) in [5.41, 5.74) is 7.63. The molecule has 0 radical (unpaired) electrons. The van der Waals surface area contributed by atoms with Gasteiger partial charge in [0.2, 0.25) is 0 Å². The first-order valence-electron chi connectivity index (χ1n) is 4.41. The van der Waals surface area contributed by atoms with Gasteiger partial charge < -0.3 is 15.9 Å². The molecule has 0 heterocycles. The Kier molecular flexibility index (Phi) is 4.25. The summed E-state index contributed by atoms with van der Waals surface area (Å²) in [5.74, 6) is 0.462. The summed E-state index contributed by atoms with van der Waals surface area (Å²) in [5, 5.41) is 17.8. The van der Waals surface area contributed by atoms with Crippen LogP contribution in [-0.2, 0) is 0 Å². The third kappa shape index (κ3) is 3.21. The third-order valence-corrected chi connectivity index (χ3v) is 3.04. The van der Waals surface area contributed by atoms with Gasteiger partial charge in [0.15, 0.2) is 0 Å². The van der Waals surface area contributed by atoms with Gasteiger partial charge in [-0.1, -0.05) is 6.07 Å². The number of benzene rings is 1. The van der Waals surface area contributed by atoms with Crippen LogP contribution in [0.4, 0.5) is 5.69 Å². The first-order valence-corrected chi connectivity index (χ1v) is 5.40. The van der Waals surface area contributed by atoms with Crippen LogP contribution in [0.5, 0.6) is 0 Å². The van der Waals surface area contributed by atoms with Crippen LogP contribution in [0, 0.1) is 6.92 Å². The molecule has 0 aliphatic rings. The van der Waals surface area contributed by atoms with Crippen molar-refractivity contribution in [3.63, 3.8) is 0 Å². The molecule has 0 aromatic heterocycles. The molecule has 0 saturated carbocycles. The van der Waals surface area contributed by atoms with Gasteiger partial charge in [-0.3, -0.25) is 0 Å². The summed E-state index contributed by atoms with van der Waals surface area (Å²) in [6.07, 6.45) is -0.680. The second-order valence-corrected chi connectivity index (χ2v) is 4.25. The number of hydrogen-bond donors (Lipinski definition) is 3. The average Bonchev–Trinajstić information content (AvgIpc) is 2.16. The van der Waals surface area contributed by atoms with E-state index in [0.717, 1.165) is 16.1 Å². The maximum atomic E-state index is 9.15. The fourth-order valence-electron chi connectivity index (χ4n) is 1.04. The monoisotopic (exact) mass is 213 g/mol. The number of nitrogens with two attached hydrogens (primary N) is 1. The summed E-state index contributed by atoms with van der Waals surface area (Å²) in [4.78, 5) is 0.947. The minimum Gasteiger partial charge on any atom is -0.398 e. The van der Waals surface area contributed by atoms with Gasteiger partial charge in [-0.15, -0.1) is 11.8 Å². The molecule has 1 rings (SSSR count). The van der Waals surface area contributed by atoms with E-state index < -0.39 is 6.10 Å². The van der Waals surface area contributed by atoms with Crippen LogP contribution in [-0.4, -0.2) is 28.7 Å². The smallest absolute Gasteiger partial charge is 0.0864 e. The molecule has 0 bridgehead atoms. The lowest BCUT2D eigenvalue weighted by Gasteiger charge is -2.08. The van der Waals surface area contributed by atoms with Gasteiger partial charge in [-0.05, 0) is 24.6 Å². The van der Waals surface area contributed by atoms with Crippen LogP contribution >= 0.6 is 11.8 Å². The zero-order valence-electron chi connectivity index (χ0n) is 8.10. The van der Waals surface area contributed by atoms with Gasteiger partial charge in [0.1, 0.15) is 0 Å². The number of rotatable bonds is 4. The van der Waals surface area contributed by atoms with Crippen molar-refractivity contribution in [2.45, 2.75) is 17.9 Å². The highest BCUT2D eigenvalue weighted by Crippen LogP contribution is 2.26. The quantitative estimate of drug-likeness (QED) is 0.516. The first kappa shape index (κ1) is 11.4. The van der Waals surface area contributed by atoms with Crippen LogP contribution in [0.25, 0.3) is 0 Å². The number of nitrogen functional groups attached to an aromatic ring is 1. The van der Waals surface area contributed by atoms with Gasteiger partial charge in [0.25, 0.3) is 0 Å². The molecular formula is C10H15NO2S. The van der Waals surface area contributed by atoms with Crippen molar-refractivity contribution < 1.29 is 10.2 Å². The van der Waals surface area contributed by atoms with E-state index in [4.69, 9.17) is 15.9 Å². The molecule has 4 N–H and O–H groups in total. The molecule has 1 atom stereocenters. The van der Waals surface area contributed by atoms with Gasteiger partial charge in [0.05, 0.1) is 12.7 Å². The number of anilines is 1. The van der Waals surface area contributed by atoms with Gasteiger partial charge >= 0.3 is 0 Å². The predicted molar refractivity (Wildman–Crippen MR) is 59.4 cm³/mol. The molecule has 0 aliphatic heterocycles. The predicted octanol–water partition coefficient (Wildman–Crippen LogP) is 1.02. The van der Waals surface area contributed by atoms with Crippen LogP contribution in [0.15, 0.2) is 23.1 Å². The van der Waals surface area contributed by atoms with Crippen molar-refractivity contribution in [2.75, 3.05) is 18.1 Å². The molecule has 0 amide bonds. The van der Waals surface area contributed by atoms with Gasteiger partial charge in [-0.25, -0.2) is 0 Å². The molecule has 4 heteroatoms. The summed E-state index contributed by atoms with van der Waals surface area (Å²) in [7, 11) is 0. The fourth-order valence-corrected chi connectivity index (χ4v) is 1.91. The average molecular weight is 213 g/mol. The van der Waals surface area contributed by atoms with Crippen LogP contribution in [0.1, 0.15) is 5.56 Å². The Bertz CT molecular complexity index is 304. The normalized spacial score (nSPS) is 12.8. The van der Waals surface area contributed by atoms with Crippen molar-refractivity contribution >= 4 is 17.4 Å². The Morgan fingerprint density at radius 1 is 1.50 bits per heavy atom. The lowest BCUT2D eigenvalue weighted by molar-refractivity contribution is 0.113. The van der Waals surface area contributed by atoms with Crippen LogP contribution < -0.4 is 5.73 Å². The molecule has 1 unspecified atom stereocenters. The molecule has 0 fully saturated rings. The van der Waals surface area contributed by atoms with E-state index in [9.17, 15) is 0 Å². The molecule has 14 heavy (non-hydrogen) atoms. The van der Waals surface area contributed by atoms with Crippen molar-refractivity contribution in [3.8, 4) is 0 Å². The van der Waals surface area contributed by atoms with Crippen molar-refractivity contribution in [1.29, 1.82) is 0 Å². The highest BCUT2D eigenvalue weighted by Gasteiger charge is 2.05. The van der Waals surface area contributed by atoms with E-state index in [1.54, 1.807) is 0 Å². The number of thioether (sulfide) groups is 1. The van der Waals surface area contributed by atoms with Crippen LogP contribution in [0.2, 0.25) is 0 Å². The molecule has 3 nitrogen and oxygen atoms in total. The van der Waals surface area contributed by atoms with E-state index in [2.05, 4.69) is 0 Å². The first-order chi connectivity index (χ1) is 6.63. The summed E-state index contributed by atoms with van der Waals surface area (Å²) in [6.45, 7) is 1.77. The fraction of sp³-hybridized carbons (Fsp3) is 0.400. The number of aryl methyl sites for hydroxylation is 1. The zero-order valence-corrected chi connectivity index (χ0v) is 8.92. The van der Waals surface area contributed by atoms with E-state index in [-0.39, 0.29) is 6.61 Å². The SMILES string of the molecule is Cc1ccc(SCC(O)CO)c(N)c1. The largest absolute Gasteiger partial charge is 0.398 e. The maximum Gasteiger partial charge on any atom is 0.0864 e. The molecule has 1 aromatic rings. The van der Waals surface area contributed by atoms with Crippen molar-refractivity contribution in [3.05, 3.63) is 23.8 Å². The summed E-state index contributed by atoms with van der Waals surface area (Å²) in [6, 6.07) is 5.80. The van der Waals surface area contributed by atoms with E-state index >= 15 is 0 Å². The number of hydrogen-bond acceptors (Lipinski definition) is 4. The van der Waals surface area contributed by atoms with E-state index in [0.29, 0.717) is 5.75 Å². The number of aliphatic hydroxyl groups is 2. The molecule has 0 saturated heterocycles. The second kappa shape index (κ2) is 5.24. The molecule has 1 aromatic carbocycles. The van der Waals surface area contributed by atoms with Gasteiger partial charge in [0, 0.05) is 16.3 Å². The van der Waals surface area contributed by atoms with Gasteiger partial charge in [-0.2, -0.15) is 0 Å². The molecule has 78 valence electrons. The highest BCUT2D eigenvalue weighted by atomic mass is 32.2. The Hall–Kier alpha value is -0.710. The molecule has 0 spiro atoms. The maximum absolute atomic E-state index is 9.15. The standard InChI is InChI=1S/C10H15NO2S/c1-7-2-3-10(9(11)4-7)14-6-8(13)5-12/h2-4,8,12-13H,5-6,11H2,1H3. The molecule has 0 aliphatic carbocycles. The Morgan fingerprint density at radius 2 is 2.21 bits per heavy atom. The Labute approximate surface area is 87.9 Å². The highest BCUT2D eigenvalue weighted by molar-refractivity contribution is 7.99. The van der Waals surface area contributed by atoms with E-state index in [1.807, 2.05) is 25.1 Å².